The van der Waals surface area contributed by atoms with Gasteiger partial charge in [0.1, 0.15) is 0 Å². The molecular formula is C26H25F3O. The van der Waals surface area contributed by atoms with Gasteiger partial charge in [0.2, 0.25) is 5.82 Å². The number of allylic oxidation sites excluding steroid dienone is 5. The van der Waals surface area contributed by atoms with Crippen LogP contribution in [0.4, 0.5) is 13.2 Å². The highest BCUT2D eigenvalue weighted by Gasteiger charge is 2.27. The van der Waals surface area contributed by atoms with E-state index in [1.54, 1.807) is 36.4 Å². The summed E-state index contributed by atoms with van der Waals surface area (Å²) < 4.78 is 49.4. The fourth-order valence-corrected chi connectivity index (χ4v) is 3.31. The Kier molecular flexibility index (Phi) is 6.66. The molecule has 0 N–H and O–H groups in total. The van der Waals surface area contributed by atoms with Crippen LogP contribution >= 0.6 is 0 Å². The van der Waals surface area contributed by atoms with Crippen molar-refractivity contribution in [3.63, 3.8) is 0 Å². The highest BCUT2D eigenvalue weighted by Crippen LogP contribution is 2.42. The molecule has 0 aromatic heterocycles. The molecule has 30 heavy (non-hydrogen) atoms. The maximum Gasteiger partial charge on any atom is 0.201 e. The van der Waals surface area contributed by atoms with E-state index in [9.17, 15) is 8.78 Å². The first-order valence-electron chi connectivity index (χ1n) is 10.1. The molecule has 1 aliphatic rings. The molecular weight excluding hydrogens is 385 g/mol. The van der Waals surface area contributed by atoms with E-state index in [2.05, 4.69) is 13.2 Å². The molecule has 0 saturated heterocycles. The van der Waals surface area contributed by atoms with E-state index in [4.69, 9.17) is 4.74 Å². The molecule has 2 aromatic rings. The molecule has 0 unspecified atom stereocenters. The van der Waals surface area contributed by atoms with Crippen LogP contribution in [0.2, 0.25) is 0 Å². The van der Waals surface area contributed by atoms with Crippen LogP contribution < -0.4 is 4.74 Å². The molecule has 0 fully saturated rings. The Morgan fingerprint density at radius 2 is 1.70 bits per heavy atom. The van der Waals surface area contributed by atoms with Crippen molar-refractivity contribution in [3.05, 3.63) is 100 Å². The van der Waals surface area contributed by atoms with E-state index in [-0.39, 0.29) is 23.5 Å². The van der Waals surface area contributed by atoms with Crippen LogP contribution in [0.5, 0.6) is 11.5 Å². The Morgan fingerprint density at radius 3 is 2.40 bits per heavy atom. The number of benzene rings is 2. The predicted molar refractivity (Wildman–Crippen MR) is 116 cm³/mol. The zero-order chi connectivity index (χ0) is 21.8. The Bertz CT molecular complexity index is 1060. The largest absolute Gasteiger partial charge is 0.450 e. The monoisotopic (exact) mass is 410 g/mol. The second-order valence-corrected chi connectivity index (χ2v) is 7.39. The summed E-state index contributed by atoms with van der Waals surface area (Å²) in [5, 5.41) is 0. The molecule has 0 radical (unpaired) electrons. The molecule has 2 aromatic carbocycles. The number of hydrogen-bond donors (Lipinski definition) is 0. The maximum absolute atomic E-state index is 15.0. The van der Waals surface area contributed by atoms with E-state index >= 15 is 4.39 Å². The van der Waals surface area contributed by atoms with Crippen molar-refractivity contribution in [1.29, 1.82) is 0 Å². The summed E-state index contributed by atoms with van der Waals surface area (Å²) in [6, 6.07) is 5.01. The smallest absolute Gasteiger partial charge is 0.201 e. The van der Waals surface area contributed by atoms with Crippen LogP contribution in [-0.4, -0.2) is 0 Å². The molecule has 3 rings (SSSR count). The lowest BCUT2D eigenvalue weighted by molar-refractivity contribution is 0.379. The van der Waals surface area contributed by atoms with Gasteiger partial charge in [-0.3, -0.25) is 0 Å². The first kappa shape index (κ1) is 21.7. The van der Waals surface area contributed by atoms with Crippen LogP contribution in [0, 0.1) is 17.5 Å². The van der Waals surface area contributed by atoms with E-state index in [0.29, 0.717) is 35.1 Å². The first-order valence-corrected chi connectivity index (χ1v) is 10.1. The lowest BCUT2D eigenvalue weighted by Crippen LogP contribution is -2.10. The highest BCUT2D eigenvalue weighted by atomic mass is 19.2. The molecule has 0 saturated carbocycles. The zero-order valence-corrected chi connectivity index (χ0v) is 17.3. The number of halogens is 3. The van der Waals surface area contributed by atoms with E-state index in [0.717, 1.165) is 12.0 Å². The summed E-state index contributed by atoms with van der Waals surface area (Å²) in [5.74, 6) is -2.89. The number of ether oxygens (including phenoxy) is 1. The minimum absolute atomic E-state index is 0.0632. The summed E-state index contributed by atoms with van der Waals surface area (Å²) >= 11 is 0. The maximum atomic E-state index is 15.0. The quantitative estimate of drug-likeness (QED) is 0.360. The summed E-state index contributed by atoms with van der Waals surface area (Å²) in [4.78, 5) is 0. The predicted octanol–water partition coefficient (Wildman–Crippen LogP) is 7.84. The van der Waals surface area contributed by atoms with E-state index < -0.39 is 17.5 Å². The topological polar surface area (TPSA) is 9.23 Å². The number of fused-ring (bicyclic) bond motifs is 2. The average molecular weight is 410 g/mol. The van der Waals surface area contributed by atoms with Gasteiger partial charge >= 0.3 is 0 Å². The summed E-state index contributed by atoms with van der Waals surface area (Å²) in [6.45, 7) is 11.7. The molecule has 0 atom stereocenters. The average Bonchev–Trinajstić information content (AvgIpc) is 2.74. The molecule has 1 aliphatic heterocycles. The standard InChI is InChI=1S/C26H25F3O/c1-5-7-19-14-21-15-20-13-12-18(11-10-17(4)9-8-16(3)6-2)23(28)25(20)30-26(21)24(29)22(19)27/h8-14H,3-7,15H2,1-2H3/b9-8-,11-10+. The lowest BCUT2D eigenvalue weighted by Gasteiger charge is -2.23. The summed E-state index contributed by atoms with van der Waals surface area (Å²) in [6.07, 6.45) is 9.18. The fourth-order valence-electron chi connectivity index (χ4n) is 3.31. The summed E-state index contributed by atoms with van der Waals surface area (Å²) in [7, 11) is 0. The van der Waals surface area contributed by atoms with Gasteiger partial charge in [-0.15, -0.1) is 0 Å². The second kappa shape index (κ2) is 9.21. The third-order valence-electron chi connectivity index (χ3n) is 5.09. The Labute approximate surface area is 175 Å². The molecule has 156 valence electrons. The van der Waals surface area contributed by atoms with Crippen LogP contribution in [0.1, 0.15) is 48.9 Å². The van der Waals surface area contributed by atoms with Gasteiger partial charge in [0.05, 0.1) is 0 Å². The third kappa shape index (κ3) is 4.43. The van der Waals surface area contributed by atoms with Gasteiger partial charge in [-0.05, 0) is 30.0 Å². The number of rotatable bonds is 7. The SMILES string of the molecule is C=C(/C=C\C(=C)CC)/C=C/c1ccc2c(c1F)Oc1c(cc(CCC)c(F)c1F)C2. The molecule has 0 spiro atoms. The lowest BCUT2D eigenvalue weighted by atomic mass is 9.95. The number of aryl methyl sites for hydroxylation is 1. The van der Waals surface area contributed by atoms with Crippen molar-refractivity contribution in [2.45, 2.75) is 39.5 Å². The van der Waals surface area contributed by atoms with Crippen molar-refractivity contribution < 1.29 is 17.9 Å². The zero-order valence-electron chi connectivity index (χ0n) is 17.3. The van der Waals surface area contributed by atoms with Gasteiger partial charge in [0, 0.05) is 23.1 Å². The first-order chi connectivity index (χ1) is 14.3. The molecule has 0 aliphatic carbocycles. The molecule has 4 heteroatoms. The van der Waals surface area contributed by atoms with Gasteiger partial charge in [0.15, 0.2) is 23.1 Å². The second-order valence-electron chi connectivity index (χ2n) is 7.39. The van der Waals surface area contributed by atoms with Gasteiger partial charge in [0.25, 0.3) is 0 Å². The van der Waals surface area contributed by atoms with Crippen LogP contribution in [0.15, 0.2) is 60.7 Å². The van der Waals surface area contributed by atoms with Crippen molar-refractivity contribution in [1.82, 2.24) is 0 Å². The highest BCUT2D eigenvalue weighted by molar-refractivity contribution is 5.61. The minimum atomic E-state index is -1.06. The van der Waals surface area contributed by atoms with Gasteiger partial charge in [-0.1, -0.05) is 75.4 Å². The van der Waals surface area contributed by atoms with Crippen molar-refractivity contribution >= 4 is 6.08 Å². The third-order valence-corrected chi connectivity index (χ3v) is 5.09. The van der Waals surface area contributed by atoms with Crippen LogP contribution in [0.3, 0.4) is 0 Å². The van der Waals surface area contributed by atoms with Crippen LogP contribution in [0.25, 0.3) is 6.08 Å². The van der Waals surface area contributed by atoms with Crippen molar-refractivity contribution in [2.24, 2.45) is 0 Å². The molecule has 0 bridgehead atoms. The Hall–Kier alpha value is -3.01. The Balaban J connectivity index is 1.89. The van der Waals surface area contributed by atoms with E-state index in [1.165, 1.54) is 0 Å². The normalized spacial score (nSPS) is 12.7. The van der Waals surface area contributed by atoms with Crippen molar-refractivity contribution in [2.75, 3.05) is 0 Å². The molecule has 1 heterocycles. The van der Waals surface area contributed by atoms with Gasteiger partial charge in [-0.25, -0.2) is 8.78 Å². The van der Waals surface area contributed by atoms with Crippen LogP contribution in [-0.2, 0) is 12.8 Å². The van der Waals surface area contributed by atoms with E-state index in [1.807, 2.05) is 19.9 Å². The van der Waals surface area contributed by atoms with Gasteiger partial charge in [-0.2, -0.15) is 4.39 Å². The minimum Gasteiger partial charge on any atom is -0.450 e. The van der Waals surface area contributed by atoms with Gasteiger partial charge < -0.3 is 4.74 Å². The molecule has 0 amide bonds. The molecule has 1 nitrogen and oxygen atoms in total. The van der Waals surface area contributed by atoms with Crippen molar-refractivity contribution in [3.8, 4) is 11.5 Å². The Morgan fingerprint density at radius 1 is 0.967 bits per heavy atom. The fraction of sp³-hybridized carbons (Fsp3) is 0.231. The summed E-state index contributed by atoms with van der Waals surface area (Å²) in [5.41, 5.74) is 3.38. The number of hydrogen-bond acceptors (Lipinski definition) is 1.